The monoisotopic (exact) mass is 306 g/mol. The molecule has 0 unspecified atom stereocenters. The van der Waals surface area contributed by atoms with E-state index in [-0.39, 0.29) is 22.6 Å². The Morgan fingerprint density at radius 3 is 2.70 bits per heavy atom. The van der Waals surface area contributed by atoms with E-state index in [4.69, 9.17) is 0 Å². The quantitative estimate of drug-likeness (QED) is 0.842. The number of nitrogens with one attached hydrogen (secondary N) is 1. The Morgan fingerprint density at radius 2 is 2.15 bits per heavy atom. The van der Waals surface area contributed by atoms with Crippen molar-refractivity contribution in [1.29, 1.82) is 0 Å². The Balaban J connectivity index is 2.67. The zero-order valence-corrected chi connectivity index (χ0v) is 12.9. The van der Waals surface area contributed by atoms with Crippen molar-refractivity contribution in [2.24, 2.45) is 0 Å². The first-order valence-electron chi connectivity index (χ1n) is 6.30. The van der Waals surface area contributed by atoms with Gasteiger partial charge >= 0.3 is 6.61 Å². The smallest absolute Gasteiger partial charge is 0.387 e. The SMILES string of the molecule is Cc1cc(OC(F)F)c(C(=O)N[C@H](C)CCN(C)C)s1. The Labute approximate surface area is 121 Å². The van der Waals surface area contributed by atoms with E-state index in [1.165, 1.54) is 6.07 Å². The molecule has 0 bridgehead atoms. The number of carbonyl (C=O) groups is 1. The number of hydrogen-bond acceptors (Lipinski definition) is 4. The van der Waals surface area contributed by atoms with Crippen molar-refractivity contribution in [3.05, 3.63) is 15.8 Å². The van der Waals surface area contributed by atoms with Crippen LogP contribution in [0.3, 0.4) is 0 Å². The predicted molar refractivity (Wildman–Crippen MR) is 75.8 cm³/mol. The number of ether oxygens (including phenoxy) is 1. The fourth-order valence-electron chi connectivity index (χ4n) is 1.65. The van der Waals surface area contributed by atoms with Crippen molar-refractivity contribution in [3.63, 3.8) is 0 Å². The summed E-state index contributed by atoms with van der Waals surface area (Å²) in [5.74, 6) is -0.426. The molecule has 0 aliphatic carbocycles. The number of carbonyl (C=O) groups excluding carboxylic acids is 1. The third-order valence-electron chi connectivity index (χ3n) is 2.63. The summed E-state index contributed by atoms with van der Waals surface area (Å²) in [5, 5.41) is 2.80. The average Bonchev–Trinajstić information content (AvgIpc) is 2.66. The van der Waals surface area contributed by atoms with Crippen LogP contribution in [0, 0.1) is 6.92 Å². The van der Waals surface area contributed by atoms with Crippen LogP contribution >= 0.6 is 11.3 Å². The van der Waals surface area contributed by atoms with Gasteiger partial charge in [-0.3, -0.25) is 4.79 Å². The van der Waals surface area contributed by atoms with Crippen molar-refractivity contribution in [2.45, 2.75) is 32.9 Å². The van der Waals surface area contributed by atoms with Gasteiger partial charge in [0.25, 0.3) is 5.91 Å². The molecular weight excluding hydrogens is 286 g/mol. The zero-order valence-electron chi connectivity index (χ0n) is 12.1. The standard InChI is InChI=1S/C13H20F2N2O2S/c1-8(5-6-17(3)4)16-12(18)11-10(19-13(14)15)7-9(2)20-11/h7-8,13H,5-6H2,1-4H3,(H,16,18)/t8-/m1/s1. The van der Waals surface area contributed by atoms with E-state index in [9.17, 15) is 13.6 Å². The van der Waals surface area contributed by atoms with Crippen molar-refractivity contribution in [3.8, 4) is 5.75 Å². The molecule has 4 nitrogen and oxygen atoms in total. The number of aryl methyl sites for hydroxylation is 1. The van der Waals surface area contributed by atoms with Crippen molar-refractivity contribution in [2.75, 3.05) is 20.6 Å². The molecule has 0 spiro atoms. The van der Waals surface area contributed by atoms with Crippen LogP contribution in [-0.2, 0) is 0 Å². The van der Waals surface area contributed by atoms with E-state index < -0.39 is 6.61 Å². The maximum Gasteiger partial charge on any atom is 0.387 e. The highest BCUT2D eigenvalue weighted by Crippen LogP contribution is 2.30. The number of hydrogen-bond donors (Lipinski definition) is 1. The molecule has 0 fully saturated rings. The first-order chi connectivity index (χ1) is 9.29. The lowest BCUT2D eigenvalue weighted by molar-refractivity contribution is -0.0498. The van der Waals surface area contributed by atoms with Crippen LogP contribution in [-0.4, -0.2) is 44.1 Å². The first kappa shape index (κ1) is 16.8. The van der Waals surface area contributed by atoms with E-state index in [0.717, 1.165) is 29.2 Å². The molecule has 1 atom stereocenters. The van der Waals surface area contributed by atoms with Gasteiger partial charge in [-0.2, -0.15) is 8.78 Å². The third-order valence-corrected chi connectivity index (χ3v) is 3.66. The molecule has 7 heteroatoms. The summed E-state index contributed by atoms with van der Waals surface area (Å²) in [6.45, 7) is 1.54. The zero-order chi connectivity index (χ0) is 15.3. The van der Waals surface area contributed by atoms with Gasteiger partial charge in [-0.1, -0.05) is 0 Å². The summed E-state index contributed by atoms with van der Waals surface area (Å²) in [5.41, 5.74) is 0. The number of amides is 1. The molecule has 1 heterocycles. The van der Waals surface area contributed by atoms with Gasteiger partial charge in [-0.25, -0.2) is 0 Å². The van der Waals surface area contributed by atoms with Gasteiger partial charge in [0.2, 0.25) is 0 Å². The minimum absolute atomic E-state index is 0.0355. The van der Waals surface area contributed by atoms with Gasteiger partial charge in [0.1, 0.15) is 10.6 Å². The minimum atomic E-state index is -2.93. The van der Waals surface area contributed by atoms with Crippen LogP contribution < -0.4 is 10.1 Å². The van der Waals surface area contributed by atoms with Crippen molar-refractivity contribution in [1.82, 2.24) is 10.2 Å². The maximum absolute atomic E-state index is 12.3. The number of alkyl halides is 2. The van der Waals surface area contributed by atoms with Crippen LogP contribution in [0.25, 0.3) is 0 Å². The summed E-state index contributed by atoms with van der Waals surface area (Å²) in [4.78, 5) is 15.0. The Kier molecular flexibility index (Phi) is 6.35. The molecule has 1 N–H and O–H groups in total. The molecule has 0 aliphatic heterocycles. The van der Waals surface area contributed by atoms with Gasteiger partial charge in [-0.15, -0.1) is 11.3 Å². The van der Waals surface area contributed by atoms with Crippen LogP contribution in [0.15, 0.2) is 6.07 Å². The molecular formula is C13H20F2N2O2S. The van der Waals surface area contributed by atoms with Gasteiger partial charge in [0.15, 0.2) is 0 Å². The molecule has 0 radical (unpaired) electrons. The lowest BCUT2D eigenvalue weighted by Gasteiger charge is -2.16. The van der Waals surface area contributed by atoms with Gasteiger partial charge in [0.05, 0.1) is 0 Å². The van der Waals surface area contributed by atoms with Gasteiger partial charge < -0.3 is 15.0 Å². The highest BCUT2D eigenvalue weighted by Gasteiger charge is 2.20. The summed E-state index contributed by atoms with van der Waals surface area (Å²) in [6.07, 6.45) is 0.786. The summed E-state index contributed by atoms with van der Waals surface area (Å²) < 4.78 is 29.0. The molecule has 0 aliphatic rings. The molecule has 0 saturated heterocycles. The van der Waals surface area contributed by atoms with E-state index in [1.807, 2.05) is 25.9 Å². The van der Waals surface area contributed by atoms with E-state index in [1.54, 1.807) is 6.92 Å². The molecule has 0 saturated carbocycles. The van der Waals surface area contributed by atoms with Crippen LogP contribution in [0.4, 0.5) is 8.78 Å². The number of nitrogens with zero attached hydrogens (tertiary/aromatic N) is 1. The molecule has 1 rings (SSSR count). The molecule has 0 aromatic carbocycles. The minimum Gasteiger partial charge on any atom is -0.433 e. The predicted octanol–water partition coefficient (Wildman–Crippen LogP) is 2.73. The fraction of sp³-hybridized carbons (Fsp3) is 0.615. The molecule has 114 valence electrons. The van der Waals surface area contributed by atoms with E-state index in [2.05, 4.69) is 10.1 Å². The second kappa shape index (κ2) is 7.54. The third kappa shape index (κ3) is 5.42. The summed E-state index contributed by atoms with van der Waals surface area (Å²) in [6, 6.07) is 1.42. The number of halogens is 2. The van der Waals surface area contributed by atoms with Crippen molar-refractivity contribution >= 4 is 17.2 Å². The molecule has 1 amide bonds. The second-order valence-electron chi connectivity index (χ2n) is 4.90. The van der Waals surface area contributed by atoms with Crippen LogP contribution in [0.1, 0.15) is 27.9 Å². The van der Waals surface area contributed by atoms with Gasteiger partial charge in [-0.05, 0) is 47.0 Å². The van der Waals surface area contributed by atoms with E-state index in [0.29, 0.717) is 0 Å². The van der Waals surface area contributed by atoms with Gasteiger partial charge in [0, 0.05) is 10.9 Å². The molecule has 1 aromatic rings. The summed E-state index contributed by atoms with van der Waals surface area (Å²) >= 11 is 1.15. The largest absolute Gasteiger partial charge is 0.433 e. The highest BCUT2D eigenvalue weighted by molar-refractivity contribution is 7.14. The molecule has 1 aromatic heterocycles. The van der Waals surface area contributed by atoms with Crippen LogP contribution in [0.2, 0.25) is 0 Å². The fourth-order valence-corrected chi connectivity index (χ4v) is 2.49. The van der Waals surface area contributed by atoms with Crippen LogP contribution in [0.5, 0.6) is 5.75 Å². The van der Waals surface area contributed by atoms with Crippen molar-refractivity contribution < 1.29 is 18.3 Å². The Bertz CT molecular complexity index is 450. The topological polar surface area (TPSA) is 41.6 Å². The first-order valence-corrected chi connectivity index (χ1v) is 7.12. The average molecular weight is 306 g/mol. The normalized spacial score (nSPS) is 12.8. The maximum atomic E-state index is 12.3. The Morgan fingerprint density at radius 1 is 1.50 bits per heavy atom. The number of thiophene rings is 1. The lowest BCUT2D eigenvalue weighted by atomic mass is 10.2. The second-order valence-corrected chi connectivity index (χ2v) is 6.15. The summed E-state index contributed by atoms with van der Waals surface area (Å²) in [7, 11) is 3.90. The highest BCUT2D eigenvalue weighted by atomic mass is 32.1. The molecule has 20 heavy (non-hydrogen) atoms. The number of rotatable bonds is 7. The van der Waals surface area contributed by atoms with E-state index >= 15 is 0 Å². The Hall–Kier alpha value is -1.21. The lowest BCUT2D eigenvalue weighted by Crippen LogP contribution is -2.34.